The van der Waals surface area contributed by atoms with Crippen LogP contribution in [0.25, 0.3) is 0 Å². The fourth-order valence-electron chi connectivity index (χ4n) is 2.74. The van der Waals surface area contributed by atoms with Crippen molar-refractivity contribution in [2.75, 3.05) is 25.2 Å². The van der Waals surface area contributed by atoms with E-state index in [0.717, 1.165) is 31.4 Å². The molecule has 4 nitrogen and oxygen atoms in total. The van der Waals surface area contributed by atoms with Gasteiger partial charge in [-0.1, -0.05) is 13.3 Å². The number of hydrogen-bond acceptors (Lipinski definition) is 4. The van der Waals surface area contributed by atoms with E-state index < -0.39 is 6.04 Å². The summed E-state index contributed by atoms with van der Waals surface area (Å²) in [4.78, 5) is 11.9. The molecule has 0 aromatic heterocycles. The standard InChI is InChI=1S/C14H28N2O2S/c1-11(4-8-17)14(6-3-7-14)10-16-13(18)12(15)5-9-19-2/h11-12,17H,3-10,15H2,1-2H3,(H,16,18). The summed E-state index contributed by atoms with van der Waals surface area (Å²) in [6.45, 7) is 3.11. The van der Waals surface area contributed by atoms with Crippen LogP contribution in [0.3, 0.4) is 0 Å². The van der Waals surface area contributed by atoms with Gasteiger partial charge in [-0.05, 0) is 49.0 Å². The molecule has 1 aliphatic rings. The lowest BCUT2D eigenvalue weighted by Crippen LogP contribution is -2.50. The van der Waals surface area contributed by atoms with Gasteiger partial charge in [-0.25, -0.2) is 0 Å². The molecule has 1 amide bonds. The summed E-state index contributed by atoms with van der Waals surface area (Å²) in [7, 11) is 0. The number of aliphatic hydroxyl groups excluding tert-OH is 1. The highest BCUT2D eigenvalue weighted by atomic mass is 32.2. The van der Waals surface area contributed by atoms with Crippen LogP contribution in [0.4, 0.5) is 0 Å². The van der Waals surface area contributed by atoms with E-state index in [-0.39, 0.29) is 17.9 Å². The third kappa shape index (κ3) is 4.65. The van der Waals surface area contributed by atoms with E-state index in [1.165, 1.54) is 6.42 Å². The first-order valence-corrected chi connectivity index (χ1v) is 8.58. The van der Waals surface area contributed by atoms with Gasteiger partial charge in [-0.2, -0.15) is 11.8 Å². The predicted octanol–water partition coefficient (Wildman–Crippen LogP) is 1.37. The molecule has 0 aromatic carbocycles. The summed E-state index contributed by atoms with van der Waals surface area (Å²) in [5.74, 6) is 1.34. The molecule has 1 aliphatic carbocycles. The normalized spacial score (nSPS) is 20.4. The van der Waals surface area contributed by atoms with Crippen LogP contribution < -0.4 is 11.1 Å². The molecule has 0 spiro atoms. The molecular formula is C14H28N2O2S. The van der Waals surface area contributed by atoms with E-state index in [0.29, 0.717) is 12.5 Å². The van der Waals surface area contributed by atoms with Gasteiger partial charge in [0.05, 0.1) is 6.04 Å². The Kier molecular flexibility index (Phi) is 7.18. The van der Waals surface area contributed by atoms with Crippen LogP contribution in [0.2, 0.25) is 0 Å². The van der Waals surface area contributed by atoms with Crippen LogP contribution in [-0.2, 0) is 4.79 Å². The van der Waals surface area contributed by atoms with Gasteiger partial charge in [0, 0.05) is 13.2 Å². The maximum atomic E-state index is 11.9. The number of aliphatic hydroxyl groups is 1. The van der Waals surface area contributed by atoms with E-state index >= 15 is 0 Å². The number of thioether (sulfide) groups is 1. The van der Waals surface area contributed by atoms with Gasteiger partial charge in [0.1, 0.15) is 0 Å². The van der Waals surface area contributed by atoms with Crippen molar-refractivity contribution in [3.63, 3.8) is 0 Å². The Labute approximate surface area is 120 Å². The smallest absolute Gasteiger partial charge is 0.236 e. The monoisotopic (exact) mass is 288 g/mol. The van der Waals surface area contributed by atoms with Crippen molar-refractivity contribution in [1.29, 1.82) is 0 Å². The molecule has 1 rings (SSSR count). The molecule has 19 heavy (non-hydrogen) atoms. The highest BCUT2D eigenvalue weighted by Gasteiger charge is 2.41. The summed E-state index contributed by atoms with van der Waals surface area (Å²) in [5.41, 5.74) is 6.05. The zero-order valence-electron chi connectivity index (χ0n) is 12.2. The van der Waals surface area contributed by atoms with Gasteiger partial charge in [0.2, 0.25) is 5.91 Å². The number of carbonyl (C=O) groups is 1. The maximum Gasteiger partial charge on any atom is 0.236 e. The van der Waals surface area contributed by atoms with Crippen LogP contribution >= 0.6 is 11.8 Å². The summed E-state index contributed by atoms with van der Waals surface area (Å²) in [6, 6.07) is -0.391. The fourth-order valence-corrected chi connectivity index (χ4v) is 3.23. The minimum atomic E-state index is -0.391. The number of amides is 1. The van der Waals surface area contributed by atoms with Crippen molar-refractivity contribution in [2.24, 2.45) is 17.1 Å². The van der Waals surface area contributed by atoms with E-state index in [1.54, 1.807) is 11.8 Å². The van der Waals surface area contributed by atoms with Gasteiger partial charge >= 0.3 is 0 Å². The molecule has 4 N–H and O–H groups in total. The highest BCUT2D eigenvalue weighted by molar-refractivity contribution is 7.98. The first-order valence-electron chi connectivity index (χ1n) is 7.19. The molecule has 0 heterocycles. The van der Waals surface area contributed by atoms with Gasteiger partial charge in [-0.15, -0.1) is 0 Å². The molecule has 2 atom stereocenters. The maximum absolute atomic E-state index is 11.9. The van der Waals surface area contributed by atoms with Crippen LogP contribution in [0.15, 0.2) is 0 Å². The van der Waals surface area contributed by atoms with Crippen molar-refractivity contribution in [2.45, 2.75) is 45.1 Å². The molecule has 0 bridgehead atoms. The minimum Gasteiger partial charge on any atom is -0.396 e. The summed E-state index contributed by atoms with van der Waals surface area (Å²) < 4.78 is 0. The second kappa shape index (κ2) is 8.12. The minimum absolute atomic E-state index is 0.0310. The molecule has 2 unspecified atom stereocenters. The van der Waals surface area contributed by atoms with Crippen LogP contribution in [0.1, 0.15) is 39.0 Å². The van der Waals surface area contributed by atoms with Crippen molar-refractivity contribution >= 4 is 17.7 Å². The Morgan fingerprint density at radius 2 is 2.16 bits per heavy atom. The van der Waals surface area contributed by atoms with E-state index in [9.17, 15) is 4.79 Å². The van der Waals surface area contributed by atoms with Crippen molar-refractivity contribution in [3.05, 3.63) is 0 Å². The van der Waals surface area contributed by atoms with Crippen molar-refractivity contribution in [1.82, 2.24) is 5.32 Å². The van der Waals surface area contributed by atoms with Crippen molar-refractivity contribution in [3.8, 4) is 0 Å². The number of nitrogens with one attached hydrogen (secondary N) is 1. The Balaban J connectivity index is 2.38. The Bertz CT molecular complexity index is 283. The van der Waals surface area contributed by atoms with E-state index in [4.69, 9.17) is 10.8 Å². The highest BCUT2D eigenvalue weighted by Crippen LogP contribution is 2.47. The average Bonchev–Trinajstić information content (AvgIpc) is 2.34. The first-order chi connectivity index (χ1) is 9.05. The number of carbonyl (C=O) groups excluding carboxylic acids is 1. The molecule has 0 aromatic rings. The van der Waals surface area contributed by atoms with Gasteiger partial charge in [-0.3, -0.25) is 4.79 Å². The topological polar surface area (TPSA) is 75.4 Å². The Hall–Kier alpha value is -0.260. The summed E-state index contributed by atoms with van der Waals surface area (Å²) in [5, 5.41) is 12.1. The predicted molar refractivity (Wildman–Crippen MR) is 81.1 cm³/mol. The third-order valence-electron chi connectivity index (χ3n) is 4.54. The van der Waals surface area contributed by atoms with Crippen LogP contribution in [-0.4, -0.2) is 42.2 Å². The third-order valence-corrected chi connectivity index (χ3v) is 5.19. The van der Waals surface area contributed by atoms with Crippen molar-refractivity contribution < 1.29 is 9.90 Å². The molecule has 0 radical (unpaired) electrons. The second-order valence-corrected chi connectivity index (χ2v) is 6.72. The molecule has 0 aliphatic heterocycles. The Morgan fingerprint density at radius 3 is 2.63 bits per heavy atom. The van der Waals surface area contributed by atoms with E-state index in [2.05, 4.69) is 12.2 Å². The molecule has 1 fully saturated rings. The lowest BCUT2D eigenvalue weighted by molar-refractivity contribution is -0.123. The quantitative estimate of drug-likeness (QED) is 0.599. The summed E-state index contributed by atoms with van der Waals surface area (Å²) in [6.07, 6.45) is 7.08. The van der Waals surface area contributed by atoms with Gasteiger partial charge in [0.25, 0.3) is 0 Å². The number of nitrogens with two attached hydrogens (primary N) is 1. The van der Waals surface area contributed by atoms with Gasteiger partial charge < -0.3 is 16.2 Å². The SMILES string of the molecule is CSCCC(N)C(=O)NCC1(C(C)CCO)CCC1. The van der Waals surface area contributed by atoms with E-state index in [1.807, 2.05) is 6.26 Å². The first kappa shape index (κ1) is 16.8. The zero-order valence-corrected chi connectivity index (χ0v) is 13.0. The molecule has 0 saturated heterocycles. The summed E-state index contributed by atoms with van der Waals surface area (Å²) >= 11 is 1.71. The molecule has 112 valence electrons. The Morgan fingerprint density at radius 1 is 1.47 bits per heavy atom. The average molecular weight is 288 g/mol. The number of rotatable bonds is 9. The molecular weight excluding hydrogens is 260 g/mol. The lowest BCUT2D eigenvalue weighted by atomic mass is 9.60. The molecule has 5 heteroatoms. The largest absolute Gasteiger partial charge is 0.396 e. The fraction of sp³-hybridized carbons (Fsp3) is 0.929. The molecule has 1 saturated carbocycles. The number of hydrogen-bond donors (Lipinski definition) is 3. The second-order valence-electron chi connectivity index (χ2n) is 5.74. The van der Waals surface area contributed by atoms with Gasteiger partial charge in [0.15, 0.2) is 0 Å². The van der Waals surface area contributed by atoms with Crippen LogP contribution in [0.5, 0.6) is 0 Å². The lowest BCUT2D eigenvalue weighted by Gasteiger charge is -2.47. The van der Waals surface area contributed by atoms with Crippen LogP contribution in [0, 0.1) is 11.3 Å². The zero-order chi connectivity index (χ0) is 14.3.